The number of carbonyl (C=O) groups is 1. The van der Waals surface area contributed by atoms with Crippen LogP contribution < -0.4 is 5.32 Å². The van der Waals surface area contributed by atoms with Gasteiger partial charge in [-0.25, -0.2) is 4.98 Å². The predicted octanol–water partition coefficient (Wildman–Crippen LogP) is 2.63. The molecule has 1 rings (SSSR count). The van der Waals surface area contributed by atoms with E-state index in [1.807, 2.05) is 26.1 Å². The van der Waals surface area contributed by atoms with Gasteiger partial charge < -0.3 is 10.2 Å². The zero-order valence-electron chi connectivity index (χ0n) is 11.7. The van der Waals surface area contributed by atoms with Gasteiger partial charge in [0, 0.05) is 20.1 Å². The van der Waals surface area contributed by atoms with Gasteiger partial charge >= 0.3 is 0 Å². The lowest BCUT2D eigenvalue weighted by atomic mass is 10.1. The molecule has 1 aromatic rings. The van der Waals surface area contributed by atoms with Crippen molar-refractivity contribution < 1.29 is 4.79 Å². The summed E-state index contributed by atoms with van der Waals surface area (Å²) in [5, 5.41) is 3.11. The van der Waals surface area contributed by atoms with Gasteiger partial charge in [0.2, 0.25) is 0 Å². The van der Waals surface area contributed by atoms with Crippen molar-refractivity contribution in [1.29, 1.82) is 0 Å². The van der Waals surface area contributed by atoms with Crippen LogP contribution in [-0.2, 0) is 0 Å². The second-order valence-corrected chi connectivity index (χ2v) is 4.85. The summed E-state index contributed by atoms with van der Waals surface area (Å²) in [6, 6.07) is 5.48. The maximum Gasteiger partial charge on any atom is 0.272 e. The molecule has 0 aromatic carbocycles. The van der Waals surface area contributed by atoms with Gasteiger partial charge in [0.15, 0.2) is 0 Å². The fraction of sp³-hybridized carbons (Fsp3) is 0.571. The van der Waals surface area contributed by atoms with E-state index in [0.29, 0.717) is 11.6 Å². The fourth-order valence-electron chi connectivity index (χ4n) is 1.58. The third kappa shape index (κ3) is 4.35. The molecule has 0 unspecified atom stereocenters. The van der Waals surface area contributed by atoms with Gasteiger partial charge in [0.1, 0.15) is 11.5 Å². The van der Waals surface area contributed by atoms with Crippen LogP contribution in [0.4, 0.5) is 5.82 Å². The van der Waals surface area contributed by atoms with E-state index >= 15 is 0 Å². The summed E-state index contributed by atoms with van der Waals surface area (Å²) < 4.78 is 0. The van der Waals surface area contributed by atoms with Gasteiger partial charge in [-0.05, 0) is 31.4 Å². The molecule has 0 fully saturated rings. The molecule has 0 bridgehead atoms. The van der Waals surface area contributed by atoms with Crippen LogP contribution in [0.5, 0.6) is 0 Å². The molecule has 0 aliphatic heterocycles. The first kappa shape index (κ1) is 14.5. The van der Waals surface area contributed by atoms with E-state index in [1.54, 1.807) is 11.0 Å². The summed E-state index contributed by atoms with van der Waals surface area (Å²) >= 11 is 0. The average Bonchev–Trinajstić information content (AvgIpc) is 2.35. The molecule has 1 amide bonds. The Kier molecular flexibility index (Phi) is 5.62. The van der Waals surface area contributed by atoms with Gasteiger partial charge in [0.25, 0.3) is 5.91 Å². The summed E-state index contributed by atoms with van der Waals surface area (Å²) in [7, 11) is 1.83. The fourth-order valence-corrected chi connectivity index (χ4v) is 1.58. The van der Waals surface area contributed by atoms with Gasteiger partial charge in [-0.3, -0.25) is 4.79 Å². The Bertz CT molecular complexity index is 390. The minimum atomic E-state index is -0.0181. The number of nitrogens with zero attached hydrogens (tertiary/aromatic N) is 2. The highest BCUT2D eigenvalue weighted by molar-refractivity contribution is 5.92. The molecule has 0 atom stereocenters. The van der Waals surface area contributed by atoms with Crippen LogP contribution in [0.3, 0.4) is 0 Å². The molecule has 0 saturated carbocycles. The van der Waals surface area contributed by atoms with Crippen LogP contribution in [0.15, 0.2) is 18.2 Å². The Morgan fingerprint density at radius 3 is 2.78 bits per heavy atom. The SMILES string of the molecule is CCNc1cccc(C(=O)N(C)CCC(C)C)n1. The van der Waals surface area contributed by atoms with E-state index in [4.69, 9.17) is 0 Å². The molecule has 1 heterocycles. The molecule has 4 nitrogen and oxygen atoms in total. The Morgan fingerprint density at radius 1 is 1.44 bits per heavy atom. The quantitative estimate of drug-likeness (QED) is 0.843. The Balaban J connectivity index is 2.67. The molecular formula is C14H23N3O. The number of anilines is 1. The van der Waals surface area contributed by atoms with Crippen LogP contribution >= 0.6 is 0 Å². The molecule has 0 saturated heterocycles. The largest absolute Gasteiger partial charge is 0.370 e. The lowest BCUT2D eigenvalue weighted by Gasteiger charge is -2.18. The van der Waals surface area contributed by atoms with Crippen molar-refractivity contribution in [3.05, 3.63) is 23.9 Å². The molecule has 0 aliphatic rings. The molecule has 18 heavy (non-hydrogen) atoms. The van der Waals surface area contributed by atoms with Gasteiger partial charge in [-0.1, -0.05) is 19.9 Å². The lowest BCUT2D eigenvalue weighted by molar-refractivity contribution is 0.0783. The number of carbonyl (C=O) groups excluding carboxylic acids is 1. The van der Waals surface area contributed by atoms with Gasteiger partial charge in [-0.2, -0.15) is 0 Å². The number of aromatic nitrogens is 1. The molecule has 0 radical (unpaired) electrons. The zero-order chi connectivity index (χ0) is 13.5. The number of pyridine rings is 1. The van der Waals surface area contributed by atoms with E-state index in [9.17, 15) is 4.79 Å². The second kappa shape index (κ2) is 6.99. The molecule has 1 aromatic heterocycles. The van der Waals surface area contributed by atoms with Crippen molar-refractivity contribution in [3.8, 4) is 0 Å². The van der Waals surface area contributed by atoms with Crippen LogP contribution in [0.1, 0.15) is 37.7 Å². The number of rotatable bonds is 6. The van der Waals surface area contributed by atoms with E-state index in [0.717, 1.165) is 25.3 Å². The highest BCUT2D eigenvalue weighted by atomic mass is 16.2. The van der Waals surface area contributed by atoms with E-state index in [-0.39, 0.29) is 5.91 Å². The predicted molar refractivity (Wildman–Crippen MR) is 74.8 cm³/mol. The van der Waals surface area contributed by atoms with E-state index in [1.165, 1.54) is 0 Å². The number of hydrogen-bond donors (Lipinski definition) is 1. The smallest absolute Gasteiger partial charge is 0.272 e. The molecule has 4 heteroatoms. The van der Waals surface area contributed by atoms with Crippen molar-refractivity contribution in [2.24, 2.45) is 5.92 Å². The van der Waals surface area contributed by atoms with Crippen LogP contribution in [0.2, 0.25) is 0 Å². The van der Waals surface area contributed by atoms with Crippen LogP contribution in [-0.4, -0.2) is 35.9 Å². The number of nitrogens with one attached hydrogen (secondary N) is 1. The van der Waals surface area contributed by atoms with E-state index in [2.05, 4.69) is 24.1 Å². The number of amides is 1. The third-order valence-corrected chi connectivity index (χ3v) is 2.71. The first-order valence-electron chi connectivity index (χ1n) is 6.51. The summed E-state index contributed by atoms with van der Waals surface area (Å²) in [5.74, 6) is 1.33. The summed E-state index contributed by atoms with van der Waals surface area (Å²) in [6.07, 6.45) is 1.01. The monoisotopic (exact) mass is 249 g/mol. The highest BCUT2D eigenvalue weighted by Crippen LogP contribution is 2.08. The lowest BCUT2D eigenvalue weighted by Crippen LogP contribution is -2.29. The van der Waals surface area contributed by atoms with Crippen molar-refractivity contribution in [1.82, 2.24) is 9.88 Å². The summed E-state index contributed by atoms with van der Waals surface area (Å²) in [4.78, 5) is 18.2. The van der Waals surface area contributed by atoms with Gasteiger partial charge in [0.05, 0.1) is 0 Å². The minimum Gasteiger partial charge on any atom is -0.370 e. The van der Waals surface area contributed by atoms with Crippen LogP contribution in [0.25, 0.3) is 0 Å². The first-order chi connectivity index (χ1) is 8.54. The maximum absolute atomic E-state index is 12.1. The Labute approximate surface area is 109 Å². The van der Waals surface area contributed by atoms with Crippen LogP contribution in [0, 0.1) is 5.92 Å². The minimum absolute atomic E-state index is 0.0181. The average molecular weight is 249 g/mol. The topological polar surface area (TPSA) is 45.2 Å². The standard InChI is InChI=1S/C14H23N3O/c1-5-15-13-8-6-7-12(16-13)14(18)17(4)10-9-11(2)3/h6-8,11H,5,9-10H2,1-4H3,(H,15,16). The zero-order valence-corrected chi connectivity index (χ0v) is 11.7. The maximum atomic E-state index is 12.1. The summed E-state index contributed by atoms with van der Waals surface area (Å²) in [5.41, 5.74) is 0.500. The third-order valence-electron chi connectivity index (χ3n) is 2.71. The molecule has 0 spiro atoms. The van der Waals surface area contributed by atoms with Crippen molar-refractivity contribution in [2.75, 3.05) is 25.5 Å². The normalized spacial score (nSPS) is 10.5. The van der Waals surface area contributed by atoms with Gasteiger partial charge in [-0.15, -0.1) is 0 Å². The van der Waals surface area contributed by atoms with Crippen molar-refractivity contribution in [2.45, 2.75) is 27.2 Å². The van der Waals surface area contributed by atoms with Crippen molar-refractivity contribution in [3.63, 3.8) is 0 Å². The number of hydrogen-bond acceptors (Lipinski definition) is 3. The molecule has 0 aliphatic carbocycles. The molecule has 1 N–H and O–H groups in total. The summed E-state index contributed by atoms with van der Waals surface area (Å²) in [6.45, 7) is 7.88. The Hall–Kier alpha value is -1.58. The first-order valence-corrected chi connectivity index (χ1v) is 6.51. The molecular weight excluding hydrogens is 226 g/mol. The second-order valence-electron chi connectivity index (χ2n) is 4.85. The highest BCUT2D eigenvalue weighted by Gasteiger charge is 2.13. The molecule has 100 valence electrons. The van der Waals surface area contributed by atoms with E-state index < -0.39 is 0 Å². The Morgan fingerprint density at radius 2 is 2.17 bits per heavy atom. The van der Waals surface area contributed by atoms with Crippen molar-refractivity contribution >= 4 is 11.7 Å².